The van der Waals surface area contributed by atoms with Crippen LogP contribution in [-0.2, 0) is 0 Å². The van der Waals surface area contributed by atoms with E-state index in [1.165, 1.54) is 6.07 Å². The first-order chi connectivity index (χ1) is 13.3. The van der Waals surface area contributed by atoms with Crippen LogP contribution >= 0.6 is 0 Å². The van der Waals surface area contributed by atoms with Gasteiger partial charge in [0, 0.05) is 31.0 Å². The Morgan fingerprint density at radius 2 is 1.86 bits per heavy atom. The number of nitrogens with one attached hydrogen (secondary N) is 1. The summed E-state index contributed by atoms with van der Waals surface area (Å²) in [6.07, 6.45) is 1.79. The third kappa shape index (κ3) is 2.78. The molecule has 0 aromatic heterocycles. The molecule has 5 nitrogen and oxygen atoms in total. The lowest BCUT2D eigenvalue weighted by Gasteiger charge is -2.48. The molecule has 7 heteroatoms. The normalized spacial score (nSPS) is 26.6. The molecule has 0 saturated heterocycles. The first kappa shape index (κ1) is 19.7. The number of nitriles is 3. The zero-order valence-electron chi connectivity index (χ0n) is 15.6. The summed E-state index contributed by atoms with van der Waals surface area (Å²) in [6.45, 7) is 5.01. The lowest BCUT2D eigenvalue weighted by Crippen LogP contribution is -2.53. The molecule has 1 aromatic carbocycles. The van der Waals surface area contributed by atoms with Crippen LogP contribution in [0.3, 0.4) is 0 Å². The summed E-state index contributed by atoms with van der Waals surface area (Å²) in [4.78, 5) is 2.13. The summed E-state index contributed by atoms with van der Waals surface area (Å²) in [5, 5.41) is 37.9. The molecule has 0 bridgehead atoms. The highest BCUT2D eigenvalue weighted by atomic mass is 19.2. The first-order valence-electron chi connectivity index (χ1n) is 9.01. The van der Waals surface area contributed by atoms with Crippen LogP contribution in [0.1, 0.15) is 25.3 Å². The summed E-state index contributed by atoms with van der Waals surface area (Å²) >= 11 is 0. The Kier molecular flexibility index (Phi) is 5.02. The summed E-state index contributed by atoms with van der Waals surface area (Å²) in [7, 11) is 0. The monoisotopic (exact) mass is 379 g/mol. The standard InChI is InChI=1S/C21H19F2N5/c1-12(2)28-6-5-16-15(9-28)19(13-3-4-17(22)18(23)7-13)14(8-24)20(27)21(16,10-25)11-26/h3-5,7,12,14-15,19,27H,6,9H2,1-2H3/t14-,15+,19+/m1/s1. The Bertz CT molecular complexity index is 962. The van der Waals surface area contributed by atoms with Gasteiger partial charge in [0.2, 0.25) is 5.41 Å². The molecule has 1 saturated carbocycles. The number of halogens is 2. The van der Waals surface area contributed by atoms with Gasteiger partial charge in [-0.2, -0.15) is 15.8 Å². The van der Waals surface area contributed by atoms with Crippen molar-refractivity contribution in [2.75, 3.05) is 13.1 Å². The summed E-state index contributed by atoms with van der Waals surface area (Å²) in [5.41, 5.74) is -1.22. The maximum absolute atomic E-state index is 13.9. The van der Waals surface area contributed by atoms with Crippen LogP contribution in [0, 0.1) is 68.3 Å². The van der Waals surface area contributed by atoms with E-state index in [9.17, 15) is 24.6 Å². The van der Waals surface area contributed by atoms with Crippen molar-refractivity contribution >= 4 is 5.71 Å². The van der Waals surface area contributed by atoms with Crippen LogP contribution < -0.4 is 0 Å². The third-order valence-electron chi connectivity index (χ3n) is 5.85. The van der Waals surface area contributed by atoms with Gasteiger partial charge in [0.05, 0.1) is 29.8 Å². The zero-order valence-corrected chi connectivity index (χ0v) is 15.6. The van der Waals surface area contributed by atoms with E-state index in [-0.39, 0.29) is 11.8 Å². The number of fused-ring (bicyclic) bond motifs is 1. The van der Waals surface area contributed by atoms with Crippen LogP contribution in [0.25, 0.3) is 0 Å². The average molecular weight is 379 g/mol. The second-order valence-corrected chi connectivity index (χ2v) is 7.51. The molecule has 1 aromatic rings. The van der Waals surface area contributed by atoms with Gasteiger partial charge in [-0.05, 0) is 37.1 Å². The van der Waals surface area contributed by atoms with Crippen LogP contribution in [0.4, 0.5) is 8.78 Å². The van der Waals surface area contributed by atoms with Crippen molar-refractivity contribution < 1.29 is 8.78 Å². The van der Waals surface area contributed by atoms with Crippen LogP contribution in [0.15, 0.2) is 29.8 Å². The van der Waals surface area contributed by atoms with E-state index in [0.717, 1.165) is 12.1 Å². The van der Waals surface area contributed by atoms with Crippen LogP contribution in [0.5, 0.6) is 0 Å². The van der Waals surface area contributed by atoms with Gasteiger partial charge in [-0.15, -0.1) is 0 Å². The number of rotatable bonds is 2. The maximum Gasteiger partial charge on any atom is 0.203 e. The third-order valence-corrected chi connectivity index (χ3v) is 5.85. The summed E-state index contributed by atoms with van der Waals surface area (Å²) in [6, 6.07) is 9.62. The Labute approximate surface area is 162 Å². The minimum Gasteiger partial charge on any atom is -0.305 e. The van der Waals surface area contributed by atoms with E-state index in [1.54, 1.807) is 6.08 Å². The lowest BCUT2D eigenvalue weighted by molar-refractivity contribution is 0.175. The molecule has 1 heterocycles. The Hall–Kier alpha value is -3.08. The predicted octanol–water partition coefficient (Wildman–Crippen LogP) is 3.52. The molecule has 0 amide bonds. The summed E-state index contributed by atoms with van der Waals surface area (Å²) in [5.74, 6) is -4.18. The zero-order chi connectivity index (χ0) is 20.6. The second-order valence-electron chi connectivity index (χ2n) is 7.51. The SMILES string of the molecule is CC(C)N1CC=C2[C@H](C1)[C@@H](c1ccc(F)c(F)c1)[C@@H](C#N)C(=N)C2(C#N)C#N. The van der Waals surface area contributed by atoms with E-state index in [0.29, 0.717) is 24.2 Å². The Morgan fingerprint density at radius 1 is 1.18 bits per heavy atom. The van der Waals surface area contributed by atoms with Crippen LogP contribution in [0.2, 0.25) is 0 Å². The van der Waals surface area contributed by atoms with Crippen molar-refractivity contribution in [3.8, 4) is 18.2 Å². The maximum atomic E-state index is 13.9. The molecule has 1 aliphatic carbocycles. The number of benzene rings is 1. The van der Waals surface area contributed by atoms with Gasteiger partial charge in [0.25, 0.3) is 0 Å². The van der Waals surface area contributed by atoms with Crippen molar-refractivity contribution in [3.63, 3.8) is 0 Å². The topological polar surface area (TPSA) is 98.5 Å². The Morgan fingerprint density at radius 3 is 2.39 bits per heavy atom. The molecule has 1 fully saturated rings. The minimum absolute atomic E-state index is 0.184. The van der Waals surface area contributed by atoms with Gasteiger partial charge in [0.15, 0.2) is 11.6 Å². The molecule has 2 aliphatic rings. The molecule has 0 radical (unpaired) electrons. The smallest absolute Gasteiger partial charge is 0.203 e. The van der Waals surface area contributed by atoms with Gasteiger partial charge >= 0.3 is 0 Å². The molecule has 1 aliphatic heterocycles. The molecule has 0 unspecified atom stereocenters. The van der Waals surface area contributed by atoms with Crippen molar-refractivity contribution in [1.82, 2.24) is 4.90 Å². The van der Waals surface area contributed by atoms with E-state index in [4.69, 9.17) is 5.41 Å². The fourth-order valence-corrected chi connectivity index (χ4v) is 4.32. The molecule has 3 rings (SSSR count). The van der Waals surface area contributed by atoms with Gasteiger partial charge < -0.3 is 5.41 Å². The highest BCUT2D eigenvalue weighted by Crippen LogP contribution is 2.52. The average Bonchev–Trinajstić information content (AvgIpc) is 2.69. The number of nitrogens with zero attached hydrogens (tertiary/aromatic N) is 4. The number of hydrogen-bond donors (Lipinski definition) is 1. The van der Waals surface area contributed by atoms with E-state index >= 15 is 0 Å². The highest BCUT2D eigenvalue weighted by molar-refractivity contribution is 6.01. The molecule has 142 valence electrons. The lowest BCUT2D eigenvalue weighted by atomic mass is 9.55. The fourth-order valence-electron chi connectivity index (χ4n) is 4.32. The van der Waals surface area contributed by atoms with Crippen molar-refractivity contribution in [3.05, 3.63) is 47.0 Å². The predicted molar refractivity (Wildman–Crippen MR) is 97.9 cm³/mol. The highest BCUT2D eigenvalue weighted by Gasteiger charge is 2.56. The molecule has 28 heavy (non-hydrogen) atoms. The Balaban J connectivity index is 2.23. The summed E-state index contributed by atoms with van der Waals surface area (Å²) < 4.78 is 27.4. The van der Waals surface area contributed by atoms with Crippen molar-refractivity contribution in [1.29, 1.82) is 21.2 Å². The van der Waals surface area contributed by atoms with Crippen molar-refractivity contribution in [2.24, 2.45) is 17.3 Å². The fraction of sp³-hybridized carbons (Fsp3) is 0.429. The number of hydrogen-bond acceptors (Lipinski definition) is 5. The van der Waals surface area contributed by atoms with Gasteiger partial charge in [-0.1, -0.05) is 12.1 Å². The molecular formula is C21H19F2N5. The molecular weight excluding hydrogens is 360 g/mol. The van der Waals surface area contributed by atoms with Gasteiger partial charge in [0.1, 0.15) is 0 Å². The molecule has 1 N–H and O–H groups in total. The van der Waals surface area contributed by atoms with E-state index < -0.39 is 34.8 Å². The van der Waals surface area contributed by atoms with E-state index in [2.05, 4.69) is 4.90 Å². The van der Waals surface area contributed by atoms with Gasteiger partial charge in [-0.25, -0.2) is 8.78 Å². The first-order valence-corrected chi connectivity index (χ1v) is 9.01. The molecule has 0 spiro atoms. The minimum atomic E-state index is -1.80. The van der Waals surface area contributed by atoms with E-state index in [1.807, 2.05) is 32.1 Å². The molecule has 3 atom stereocenters. The van der Waals surface area contributed by atoms with Gasteiger partial charge in [-0.3, -0.25) is 4.90 Å². The largest absolute Gasteiger partial charge is 0.305 e. The quantitative estimate of drug-likeness (QED) is 0.795. The van der Waals surface area contributed by atoms with Crippen molar-refractivity contribution in [2.45, 2.75) is 25.8 Å². The van der Waals surface area contributed by atoms with Crippen LogP contribution in [-0.4, -0.2) is 29.7 Å². The second kappa shape index (κ2) is 7.15.